The Morgan fingerprint density at radius 3 is 2.09 bits per heavy atom. The molecule has 2 aromatic carbocycles. The molecule has 0 spiro atoms. The van der Waals surface area contributed by atoms with E-state index in [-0.39, 0.29) is 5.75 Å². The Hall–Kier alpha value is -3.14. The zero-order valence-corrected chi connectivity index (χ0v) is 16.1. The lowest BCUT2D eigenvalue weighted by molar-refractivity contribution is -0.153. The second kappa shape index (κ2) is 7.77. The third-order valence-electron chi connectivity index (χ3n) is 4.98. The number of hydrogen-bond donors (Lipinski definition) is 0. The number of aromatic nitrogens is 1. The topological polar surface area (TPSA) is 34.6 Å². The highest BCUT2D eigenvalue weighted by Gasteiger charge is 2.68. The Kier molecular flexibility index (Phi) is 5.36. The van der Waals surface area contributed by atoms with Crippen LogP contribution in [-0.4, -0.2) is 24.4 Å². The molecule has 10 heteroatoms. The summed E-state index contributed by atoms with van der Waals surface area (Å²) in [4.78, 5) is 3.79. The summed E-state index contributed by atoms with van der Waals surface area (Å²) >= 11 is 0. The molecule has 32 heavy (non-hydrogen) atoms. The van der Waals surface area contributed by atoms with E-state index in [4.69, 9.17) is 4.74 Å². The van der Waals surface area contributed by atoms with Crippen LogP contribution in [0.1, 0.15) is 11.3 Å². The van der Waals surface area contributed by atoms with E-state index in [1.807, 2.05) is 0 Å². The van der Waals surface area contributed by atoms with Crippen LogP contribution in [0.3, 0.4) is 0 Å². The van der Waals surface area contributed by atoms with Gasteiger partial charge < -0.3 is 9.47 Å². The average Bonchev–Trinajstić information content (AvgIpc) is 3.55. The Labute approximate surface area is 177 Å². The average molecular weight is 457 g/mol. The molecule has 0 saturated carbocycles. The summed E-state index contributed by atoms with van der Waals surface area (Å²) in [5, 5.41) is 0. The molecule has 0 N–H and O–H groups in total. The fourth-order valence-electron chi connectivity index (χ4n) is 3.26. The zero-order chi connectivity index (χ0) is 23.1. The van der Waals surface area contributed by atoms with Crippen molar-refractivity contribution in [3.05, 3.63) is 83.7 Å². The lowest BCUT2D eigenvalue weighted by Gasteiger charge is -2.24. The predicted octanol–water partition coefficient (Wildman–Crippen LogP) is 5.99. The van der Waals surface area contributed by atoms with Crippen LogP contribution in [0.5, 0.6) is 5.75 Å². The van der Waals surface area contributed by atoms with Gasteiger partial charge in [-0.15, -0.1) is 0 Å². The van der Waals surface area contributed by atoms with E-state index in [0.29, 0.717) is 17.2 Å². The second-order valence-electron chi connectivity index (χ2n) is 7.17. The van der Waals surface area contributed by atoms with Crippen molar-refractivity contribution < 1.29 is 40.2 Å². The third-order valence-corrected chi connectivity index (χ3v) is 4.98. The summed E-state index contributed by atoms with van der Waals surface area (Å²) < 4.78 is 104. The van der Waals surface area contributed by atoms with E-state index in [1.54, 1.807) is 0 Å². The van der Waals surface area contributed by atoms with E-state index in [9.17, 15) is 22.0 Å². The van der Waals surface area contributed by atoms with Crippen molar-refractivity contribution in [1.29, 1.82) is 0 Å². The van der Waals surface area contributed by atoms with Crippen molar-refractivity contribution in [1.82, 2.24) is 4.98 Å². The van der Waals surface area contributed by atoms with Crippen LogP contribution in [0.2, 0.25) is 0 Å². The van der Waals surface area contributed by atoms with Crippen LogP contribution in [0.15, 0.2) is 60.8 Å². The molecule has 0 bridgehead atoms. The first-order valence-corrected chi connectivity index (χ1v) is 9.26. The molecule has 1 unspecified atom stereocenters. The van der Waals surface area contributed by atoms with E-state index in [2.05, 4.69) is 9.72 Å². The molecule has 1 saturated heterocycles. The maximum Gasteiger partial charge on any atom is 0.422 e. The van der Waals surface area contributed by atoms with E-state index < -0.39 is 53.8 Å². The zero-order valence-electron chi connectivity index (χ0n) is 16.1. The van der Waals surface area contributed by atoms with Crippen molar-refractivity contribution in [2.75, 3.05) is 13.2 Å². The molecule has 3 aromatic rings. The molecule has 1 aromatic heterocycles. The number of alkyl halides is 5. The summed E-state index contributed by atoms with van der Waals surface area (Å²) in [5.41, 5.74) is -2.49. The van der Waals surface area contributed by atoms with Gasteiger partial charge in [0.15, 0.2) is 12.2 Å². The summed E-state index contributed by atoms with van der Waals surface area (Å²) in [6.07, 6.45) is -3.31. The van der Waals surface area contributed by atoms with Crippen molar-refractivity contribution in [2.24, 2.45) is 0 Å². The number of ether oxygens (including phenoxy) is 2. The third kappa shape index (κ3) is 4.14. The van der Waals surface area contributed by atoms with Crippen LogP contribution in [0.4, 0.5) is 30.7 Å². The largest absolute Gasteiger partial charge is 0.484 e. The summed E-state index contributed by atoms with van der Waals surface area (Å²) in [5.74, 6) is -5.76. The maximum atomic E-state index is 15.2. The number of hydrogen-bond acceptors (Lipinski definition) is 3. The molecule has 0 amide bonds. The quantitative estimate of drug-likeness (QED) is 0.337. The molecule has 2 heterocycles. The van der Waals surface area contributed by atoms with Gasteiger partial charge in [-0.3, -0.25) is 4.98 Å². The Morgan fingerprint density at radius 1 is 0.906 bits per heavy atom. The maximum absolute atomic E-state index is 15.2. The molecule has 4 rings (SSSR count). The van der Waals surface area contributed by atoms with E-state index in [0.717, 1.165) is 24.4 Å². The van der Waals surface area contributed by atoms with Crippen LogP contribution < -0.4 is 4.74 Å². The molecule has 0 aliphatic carbocycles. The number of halogens is 7. The van der Waals surface area contributed by atoms with Gasteiger partial charge in [-0.25, -0.2) is 8.78 Å². The number of rotatable bonds is 6. The molecule has 168 valence electrons. The van der Waals surface area contributed by atoms with Crippen molar-refractivity contribution in [3.63, 3.8) is 0 Å². The normalized spacial score (nSPS) is 18.5. The Morgan fingerprint density at radius 2 is 1.56 bits per heavy atom. The van der Waals surface area contributed by atoms with Gasteiger partial charge in [-0.05, 0) is 35.9 Å². The monoisotopic (exact) mass is 457 g/mol. The Balaban J connectivity index is 1.54. The van der Waals surface area contributed by atoms with Gasteiger partial charge in [-0.2, -0.15) is 22.0 Å². The molecule has 1 aliphatic heterocycles. The van der Waals surface area contributed by atoms with Crippen LogP contribution in [0.25, 0.3) is 11.1 Å². The van der Waals surface area contributed by atoms with Crippen molar-refractivity contribution in [3.8, 4) is 16.9 Å². The molecule has 1 aliphatic rings. The lowest BCUT2D eigenvalue weighted by atomic mass is 9.90. The lowest BCUT2D eigenvalue weighted by Crippen LogP contribution is -2.34. The minimum Gasteiger partial charge on any atom is -0.484 e. The van der Waals surface area contributed by atoms with Gasteiger partial charge in [0.25, 0.3) is 0 Å². The van der Waals surface area contributed by atoms with E-state index >= 15 is 8.78 Å². The molecular weight excluding hydrogens is 443 g/mol. The summed E-state index contributed by atoms with van der Waals surface area (Å²) in [6.45, 7) is -1.90. The smallest absolute Gasteiger partial charge is 0.422 e. The fourth-order valence-corrected chi connectivity index (χ4v) is 3.26. The predicted molar refractivity (Wildman–Crippen MR) is 99.1 cm³/mol. The number of epoxide rings is 1. The molecule has 0 radical (unpaired) electrons. The van der Waals surface area contributed by atoms with Crippen LogP contribution >= 0.6 is 0 Å². The second-order valence-corrected chi connectivity index (χ2v) is 7.17. The summed E-state index contributed by atoms with van der Waals surface area (Å²) in [6, 6.07) is 10.2. The first-order valence-electron chi connectivity index (χ1n) is 9.26. The first-order chi connectivity index (χ1) is 15.0. The van der Waals surface area contributed by atoms with Crippen molar-refractivity contribution >= 4 is 0 Å². The number of pyridine rings is 1. The molecular formula is C22H14F7NO2. The standard InChI is InChI=1S/C22H14F7NO2/c23-15-4-7-17(18(24)9-15)20(11-32-20)22(28,29)19-8-3-14(10-30-19)13-1-5-16(6-2-13)31-12-21(25,26)27/h1-10H,11-12H2. The SMILES string of the molecule is Fc1ccc(C2(C(F)(F)c3ccc(-c4ccc(OCC(F)(F)F)cc4)cn3)CO2)c(F)c1. The highest BCUT2D eigenvalue weighted by atomic mass is 19.4. The van der Waals surface area contributed by atoms with Gasteiger partial charge in [0, 0.05) is 23.4 Å². The number of benzene rings is 2. The van der Waals surface area contributed by atoms with Gasteiger partial charge in [0.1, 0.15) is 23.1 Å². The highest BCUT2D eigenvalue weighted by molar-refractivity contribution is 5.63. The molecule has 1 fully saturated rings. The van der Waals surface area contributed by atoms with Gasteiger partial charge >= 0.3 is 12.1 Å². The van der Waals surface area contributed by atoms with E-state index in [1.165, 1.54) is 30.3 Å². The van der Waals surface area contributed by atoms with Crippen molar-refractivity contribution in [2.45, 2.75) is 17.7 Å². The fraction of sp³-hybridized carbons (Fsp3) is 0.227. The number of nitrogens with zero attached hydrogens (tertiary/aromatic N) is 1. The minimum absolute atomic E-state index is 0.00339. The molecule has 3 nitrogen and oxygen atoms in total. The Bertz CT molecular complexity index is 1110. The molecule has 1 atom stereocenters. The van der Waals surface area contributed by atoms with Gasteiger partial charge in [-0.1, -0.05) is 18.2 Å². The summed E-state index contributed by atoms with van der Waals surface area (Å²) in [7, 11) is 0. The highest BCUT2D eigenvalue weighted by Crippen LogP contribution is 2.56. The van der Waals surface area contributed by atoms with Crippen LogP contribution in [0, 0.1) is 11.6 Å². The van der Waals surface area contributed by atoms with Gasteiger partial charge in [0.05, 0.1) is 6.61 Å². The van der Waals surface area contributed by atoms with Gasteiger partial charge in [0.2, 0.25) is 0 Å². The van der Waals surface area contributed by atoms with Crippen LogP contribution in [-0.2, 0) is 16.3 Å². The minimum atomic E-state index is -4.47. The first kappa shape index (κ1) is 22.1.